The average molecular weight is 350 g/mol. The highest BCUT2D eigenvalue weighted by molar-refractivity contribution is 5.92. The number of likely N-dealkylation sites (tertiary alicyclic amines) is 1. The normalized spacial score (nSPS) is 17.0. The van der Waals surface area contributed by atoms with E-state index in [0.29, 0.717) is 12.2 Å². The Hall–Kier alpha value is -2.96. The molecular formula is C19H22N6O. The van der Waals surface area contributed by atoms with E-state index in [9.17, 15) is 4.79 Å². The van der Waals surface area contributed by atoms with Crippen molar-refractivity contribution in [3.8, 4) is 0 Å². The van der Waals surface area contributed by atoms with Gasteiger partial charge in [0.1, 0.15) is 0 Å². The summed E-state index contributed by atoms with van der Waals surface area (Å²) in [5, 5.41) is 11.7. The Morgan fingerprint density at radius 1 is 1.31 bits per heavy atom. The number of aryl methyl sites for hydroxylation is 2. The van der Waals surface area contributed by atoms with Crippen molar-refractivity contribution in [1.82, 2.24) is 29.9 Å². The molecule has 0 aliphatic carbocycles. The van der Waals surface area contributed by atoms with Gasteiger partial charge in [-0.2, -0.15) is 10.2 Å². The van der Waals surface area contributed by atoms with Crippen LogP contribution in [0.5, 0.6) is 0 Å². The third kappa shape index (κ3) is 3.12. The Kier molecular flexibility index (Phi) is 4.28. The van der Waals surface area contributed by atoms with E-state index in [1.165, 1.54) is 0 Å². The molecule has 7 heteroatoms. The van der Waals surface area contributed by atoms with E-state index in [0.717, 1.165) is 42.2 Å². The van der Waals surface area contributed by atoms with Crippen LogP contribution in [0.3, 0.4) is 0 Å². The van der Waals surface area contributed by atoms with Gasteiger partial charge in [0, 0.05) is 18.4 Å². The van der Waals surface area contributed by atoms with Crippen molar-refractivity contribution in [2.45, 2.75) is 39.3 Å². The first-order chi connectivity index (χ1) is 12.6. The number of aromatic nitrogens is 5. The standard InChI is InChI=1S/C19H22N6O/c1-13-10-14(2)25(23-13)12-15-11-17(22-21-15)19(26)24-9-5-7-18(24)16-6-3-4-8-20-16/h3-4,6,8,10-11,18H,5,7,9,12H2,1-2H3,(H,21,22)/t18-/m1/s1. The number of carbonyl (C=O) groups excluding carboxylic acids is 1. The predicted octanol–water partition coefficient (Wildman–Crippen LogP) is 2.64. The highest BCUT2D eigenvalue weighted by atomic mass is 16.2. The molecule has 1 aliphatic heterocycles. The van der Waals surface area contributed by atoms with E-state index in [-0.39, 0.29) is 11.9 Å². The molecule has 0 bridgehead atoms. The smallest absolute Gasteiger partial charge is 0.274 e. The molecule has 0 spiro atoms. The summed E-state index contributed by atoms with van der Waals surface area (Å²) >= 11 is 0. The second kappa shape index (κ2) is 6.74. The Balaban J connectivity index is 1.52. The number of aromatic amines is 1. The molecular weight excluding hydrogens is 328 g/mol. The third-order valence-corrected chi connectivity index (χ3v) is 4.82. The Bertz CT molecular complexity index is 913. The lowest BCUT2D eigenvalue weighted by atomic mass is 10.1. The summed E-state index contributed by atoms with van der Waals surface area (Å²) in [5.74, 6) is -0.0472. The highest BCUT2D eigenvalue weighted by Crippen LogP contribution is 2.31. The van der Waals surface area contributed by atoms with Crippen molar-refractivity contribution in [2.75, 3.05) is 6.54 Å². The van der Waals surface area contributed by atoms with Crippen molar-refractivity contribution >= 4 is 5.91 Å². The number of hydrogen-bond acceptors (Lipinski definition) is 4. The van der Waals surface area contributed by atoms with Crippen molar-refractivity contribution in [3.05, 3.63) is 65.0 Å². The molecule has 1 saturated heterocycles. The molecule has 1 fully saturated rings. The molecule has 1 atom stereocenters. The summed E-state index contributed by atoms with van der Waals surface area (Å²) in [4.78, 5) is 19.3. The number of hydrogen-bond donors (Lipinski definition) is 1. The number of nitrogens with one attached hydrogen (secondary N) is 1. The lowest BCUT2D eigenvalue weighted by Crippen LogP contribution is -2.31. The second-order valence-electron chi connectivity index (χ2n) is 6.77. The first-order valence-electron chi connectivity index (χ1n) is 8.89. The largest absolute Gasteiger partial charge is 0.329 e. The van der Waals surface area contributed by atoms with Crippen LogP contribution in [0.25, 0.3) is 0 Å². The minimum Gasteiger partial charge on any atom is -0.329 e. The van der Waals surface area contributed by atoms with Crippen molar-refractivity contribution in [2.24, 2.45) is 0 Å². The van der Waals surface area contributed by atoms with Crippen molar-refractivity contribution < 1.29 is 4.79 Å². The molecule has 1 aliphatic rings. The lowest BCUT2D eigenvalue weighted by molar-refractivity contribution is 0.0727. The summed E-state index contributed by atoms with van der Waals surface area (Å²) in [5.41, 5.74) is 4.32. The van der Waals surface area contributed by atoms with Gasteiger partial charge < -0.3 is 4.90 Å². The Labute approximate surface area is 152 Å². The maximum atomic E-state index is 13.0. The van der Waals surface area contributed by atoms with Gasteiger partial charge in [-0.25, -0.2) is 0 Å². The molecule has 0 radical (unpaired) electrons. The topological polar surface area (TPSA) is 79.7 Å². The van der Waals surface area contributed by atoms with Crippen LogP contribution in [0, 0.1) is 13.8 Å². The van der Waals surface area contributed by atoms with E-state index >= 15 is 0 Å². The minimum atomic E-state index is -0.0472. The summed E-state index contributed by atoms with van der Waals surface area (Å²) in [6.45, 7) is 5.30. The number of nitrogens with zero attached hydrogens (tertiary/aromatic N) is 5. The summed E-state index contributed by atoms with van der Waals surface area (Å²) < 4.78 is 1.91. The highest BCUT2D eigenvalue weighted by Gasteiger charge is 2.32. The van der Waals surface area contributed by atoms with Crippen LogP contribution >= 0.6 is 0 Å². The fraction of sp³-hybridized carbons (Fsp3) is 0.368. The maximum Gasteiger partial charge on any atom is 0.274 e. The fourth-order valence-corrected chi connectivity index (χ4v) is 3.59. The summed E-state index contributed by atoms with van der Waals surface area (Å²) in [6, 6.07) is 9.72. The fourth-order valence-electron chi connectivity index (χ4n) is 3.59. The maximum absolute atomic E-state index is 13.0. The van der Waals surface area contributed by atoms with E-state index in [1.807, 2.05) is 53.8 Å². The third-order valence-electron chi connectivity index (χ3n) is 4.82. The molecule has 3 aromatic rings. The van der Waals surface area contributed by atoms with Gasteiger partial charge in [0.2, 0.25) is 0 Å². The first-order valence-corrected chi connectivity index (χ1v) is 8.89. The molecule has 4 heterocycles. The molecule has 7 nitrogen and oxygen atoms in total. The van der Waals surface area contributed by atoms with Crippen molar-refractivity contribution in [1.29, 1.82) is 0 Å². The molecule has 3 aromatic heterocycles. The van der Waals surface area contributed by atoms with Gasteiger partial charge in [-0.15, -0.1) is 0 Å². The summed E-state index contributed by atoms with van der Waals surface area (Å²) in [7, 11) is 0. The molecule has 0 unspecified atom stereocenters. The van der Waals surface area contributed by atoms with E-state index < -0.39 is 0 Å². The van der Waals surface area contributed by atoms with E-state index in [4.69, 9.17) is 0 Å². The van der Waals surface area contributed by atoms with Crippen LogP contribution in [0.1, 0.15) is 52.1 Å². The second-order valence-corrected chi connectivity index (χ2v) is 6.77. The quantitative estimate of drug-likeness (QED) is 0.784. The number of carbonyl (C=O) groups is 1. The average Bonchev–Trinajstić information content (AvgIpc) is 3.36. The molecule has 26 heavy (non-hydrogen) atoms. The lowest BCUT2D eigenvalue weighted by Gasteiger charge is -2.23. The van der Waals surface area contributed by atoms with Gasteiger partial charge in [-0.05, 0) is 51.0 Å². The minimum absolute atomic E-state index is 0.0276. The van der Waals surface area contributed by atoms with E-state index in [1.54, 1.807) is 6.20 Å². The molecule has 1 amide bonds. The Morgan fingerprint density at radius 3 is 2.92 bits per heavy atom. The van der Waals surface area contributed by atoms with Gasteiger partial charge in [0.05, 0.1) is 29.7 Å². The van der Waals surface area contributed by atoms with E-state index in [2.05, 4.69) is 20.3 Å². The zero-order valence-corrected chi connectivity index (χ0v) is 15.0. The zero-order valence-electron chi connectivity index (χ0n) is 15.0. The van der Waals surface area contributed by atoms with Crippen LogP contribution in [0.15, 0.2) is 36.5 Å². The number of pyridine rings is 1. The van der Waals surface area contributed by atoms with Crippen LogP contribution in [-0.4, -0.2) is 42.3 Å². The monoisotopic (exact) mass is 350 g/mol. The van der Waals surface area contributed by atoms with Crippen molar-refractivity contribution in [3.63, 3.8) is 0 Å². The van der Waals surface area contributed by atoms with Gasteiger partial charge >= 0.3 is 0 Å². The van der Waals surface area contributed by atoms with Crippen LogP contribution in [-0.2, 0) is 6.54 Å². The molecule has 134 valence electrons. The predicted molar refractivity (Wildman–Crippen MR) is 96.6 cm³/mol. The first kappa shape index (κ1) is 16.5. The van der Waals surface area contributed by atoms with Gasteiger partial charge in [-0.1, -0.05) is 6.07 Å². The van der Waals surface area contributed by atoms with Crippen LogP contribution in [0.2, 0.25) is 0 Å². The SMILES string of the molecule is Cc1cc(C)n(Cc2cc(C(=O)N3CCC[C@@H]3c3ccccn3)n[nH]2)n1. The van der Waals surface area contributed by atoms with Crippen LogP contribution in [0.4, 0.5) is 0 Å². The van der Waals surface area contributed by atoms with Crippen LogP contribution < -0.4 is 0 Å². The number of H-pyrrole nitrogens is 1. The van der Waals surface area contributed by atoms with Gasteiger partial charge in [0.15, 0.2) is 5.69 Å². The molecule has 1 N–H and O–H groups in total. The molecule has 4 rings (SSSR count). The molecule has 0 saturated carbocycles. The van der Waals surface area contributed by atoms with Gasteiger partial charge in [-0.3, -0.25) is 19.6 Å². The number of rotatable bonds is 4. The van der Waals surface area contributed by atoms with Gasteiger partial charge in [0.25, 0.3) is 5.91 Å². The zero-order chi connectivity index (χ0) is 18.1. The molecule has 0 aromatic carbocycles. The Morgan fingerprint density at radius 2 is 2.19 bits per heavy atom. The number of amides is 1. The summed E-state index contributed by atoms with van der Waals surface area (Å²) in [6.07, 6.45) is 3.69.